The number of fused-ring (bicyclic) bond motifs is 1. The molecule has 3 aromatic rings. The monoisotopic (exact) mass is 289 g/mol. The van der Waals surface area contributed by atoms with E-state index in [1.54, 1.807) is 17.7 Å². The van der Waals surface area contributed by atoms with Crippen molar-refractivity contribution in [1.82, 2.24) is 19.5 Å². The van der Waals surface area contributed by atoms with Gasteiger partial charge in [0.05, 0.1) is 6.33 Å². The van der Waals surface area contributed by atoms with Crippen molar-refractivity contribution in [3.05, 3.63) is 47.5 Å². The molecular weight excluding hydrogens is 276 g/mol. The van der Waals surface area contributed by atoms with Gasteiger partial charge in [0.2, 0.25) is 0 Å². The molecule has 0 unspecified atom stereocenters. The van der Waals surface area contributed by atoms with Crippen LogP contribution in [0.2, 0.25) is 0 Å². The maximum atomic E-state index is 13.8. The number of hydrogen-bond acceptors (Lipinski definition) is 4. The first-order valence-electron chi connectivity index (χ1n) is 6.38. The van der Waals surface area contributed by atoms with Gasteiger partial charge in [0.1, 0.15) is 5.82 Å². The summed E-state index contributed by atoms with van der Waals surface area (Å²) in [6, 6.07) is 4.85. The molecule has 3 rings (SSSR count). The standard InChI is InChI=1S/C14H13F2N5/c1-8-4-3-5-10(15)9(8)6-17-12-11-13(20-14(16)19-12)21(2)7-18-11/h3-5,7H,6H2,1-2H3,(H,17,19,20). The van der Waals surface area contributed by atoms with Gasteiger partial charge >= 0.3 is 6.08 Å². The number of hydrogen-bond donors (Lipinski definition) is 1. The Labute approximate surface area is 119 Å². The van der Waals surface area contributed by atoms with Crippen molar-refractivity contribution in [2.75, 3.05) is 5.32 Å². The van der Waals surface area contributed by atoms with Gasteiger partial charge < -0.3 is 9.88 Å². The second-order valence-corrected chi connectivity index (χ2v) is 4.76. The molecule has 0 aliphatic carbocycles. The van der Waals surface area contributed by atoms with Crippen LogP contribution in [0.25, 0.3) is 11.2 Å². The number of nitrogens with one attached hydrogen (secondary N) is 1. The lowest BCUT2D eigenvalue weighted by Gasteiger charge is -2.09. The fraction of sp³-hybridized carbons (Fsp3) is 0.214. The minimum atomic E-state index is -0.848. The van der Waals surface area contributed by atoms with Crippen LogP contribution in [0.1, 0.15) is 11.1 Å². The molecule has 0 saturated heterocycles. The molecule has 2 heterocycles. The van der Waals surface area contributed by atoms with Gasteiger partial charge in [0, 0.05) is 19.2 Å². The third kappa shape index (κ3) is 2.42. The van der Waals surface area contributed by atoms with Crippen molar-refractivity contribution in [1.29, 1.82) is 0 Å². The molecule has 0 fully saturated rings. The van der Waals surface area contributed by atoms with Crippen LogP contribution in [0.15, 0.2) is 24.5 Å². The van der Waals surface area contributed by atoms with Gasteiger partial charge in [0.15, 0.2) is 17.0 Å². The van der Waals surface area contributed by atoms with E-state index in [9.17, 15) is 8.78 Å². The van der Waals surface area contributed by atoms with Crippen LogP contribution < -0.4 is 5.32 Å². The molecule has 7 heteroatoms. The van der Waals surface area contributed by atoms with Crippen molar-refractivity contribution in [2.24, 2.45) is 7.05 Å². The third-order valence-corrected chi connectivity index (χ3v) is 3.32. The van der Waals surface area contributed by atoms with Crippen molar-refractivity contribution in [2.45, 2.75) is 13.5 Å². The van der Waals surface area contributed by atoms with E-state index < -0.39 is 6.08 Å². The average molecular weight is 289 g/mol. The van der Waals surface area contributed by atoms with Gasteiger partial charge in [-0.15, -0.1) is 0 Å². The van der Waals surface area contributed by atoms with Crippen LogP contribution >= 0.6 is 0 Å². The molecule has 0 atom stereocenters. The second-order valence-electron chi connectivity index (χ2n) is 4.76. The molecule has 0 saturated carbocycles. The van der Waals surface area contributed by atoms with Crippen LogP contribution in [0.5, 0.6) is 0 Å². The lowest BCUT2D eigenvalue weighted by molar-refractivity contribution is 0.543. The van der Waals surface area contributed by atoms with Crippen molar-refractivity contribution >= 4 is 17.0 Å². The number of aromatic nitrogens is 4. The third-order valence-electron chi connectivity index (χ3n) is 3.32. The number of halogens is 2. The molecule has 0 bridgehead atoms. The first-order valence-corrected chi connectivity index (χ1v) is 6.38. The predicted octanol–water partition coefficient (Wildman–Crippen LogP) is 2.56. The number of aryl methyl sites for hydroxylation is 2. The van der Waals surface area contributed by atoms with Gasteiger partial charge in [-0.25, -0.2) is 9.37 Å². The Morgan fingerprint density at radius 3 is 2.81 bits per heavy atom. The molecular formula is C14H13F2N5. The van der Waals surface area contributed by atoms with E-state index in [1.807, 2.05) is 13.0 Å². The largest absolute Gasteiger partial charge is 0.364 e. The summed E-state index contributed by atoms with van der Waals surface area (Å²) in [4.78, 5) is 11.5. The molecule has 0 aliphatic heterocycles. The lowest BCUT2D eigenvalue weighted by Crippen LogP contribution is -2.07. The van der Waals surface area contributed by atoms with Crippen molar-refractivity contribution in [3.63, 3.8) is 0 Å². The lowest BCUT2D eigenvalue weighted by atomic mass is 10.1. The van der Waals surface area contributed by atoms with E-state index in [2.05, 4.69) is 20.3 Å². The zero-order chi connectivity index (χ0) is 15.0. The molecule has 1 N–H and O–H groups in total. The summed E-state index contributed by atoms with van der Waals surface area (Å²) in [7, 11) is 1.71. The maximum Gasteiger partial charge on any atom is 0.312 e. The minimum absolute atomic E-state index is 0.195. The normalized spacial score (nSPS) is 11.0. The molecule has 108 valence electrons. The van der Waals surface area contributed by atoms with E-state index in [1.165, 1.54) is 12.4 Å². The Morgan fingerprint density at radius 2 is 2.05 bits per heavy atom. The Balaban J connectivity index is 1.95. The van der Waals surface area contributed by atoms with Crippen molar-refractivity contribution < 1.29 is 8.78 Å². The first kappa shape index (κ1) is 13.4. The molecule has 2 aromatic heterocycles. The molecule has 0 aliphatic rings. The van der Waals surface area contributed by atoms with Crippen LogP contribution in [0, 0.1) is 18.8 Å². The highest BCUT2D eigenvalue weighted by Crippen LogP contribution is 2.20. The van der Waals surface area contributed by atoms with Gasteiger partial charge in [-0.1, -0.05) is 12.1 Å². The van der Waals surface area contributed by atoms with Crippen LogP contribution in [-0.4, -0.2) is 19.5 Å². The average Bonchev–Trinajstić information content (AvgIpc) is 2.80. The molecule has 0 radical (unpaired) electrons. The van der Waals surface area contributed by atoms with E-state index in [-0.39, 0.29) is 18.2 Å². The summed E-state index contributed by atoms with van der Waals surface area (Å²) < 4.78 is 28.8. The van der Waals surface area contributed by atoms with E-state index in [0.717, 1.165) is 5.56 Å². The summed E-state index contributed by atoms with van der Waals surface area (Å²) >= 11 is 0. The summed E-state index contributed by atoms with van der Waals surface area (Å²) in [6.45, 7) is 2.01. The van der Waals surface area contributed by atoms with E-state index >= 15 is 0 Å². The second kappa shape index (κ2) is 5.08. The van der Waals surface area contributed by atoms with Crippen molar-refractivity contribution in [3.8, 4) is 0 Å². The number of rotatable bonds is 3. The molecule has 0 spiro atoms. The van der Waals surface area contributed by atoms with Gasteiger partial charge in [-0.2, -0.15) is 14.4 Å². The number of benzene rings is 1. The Kier molecular flexibility index (Phi) is 3.25. The maximum absolute atomic E-state index is 13.8. The summed E-state index contributed by atoms with van der Waals surface area (Å²) in [5.41, 5.74) is 2.16. The van der Waals surface area contributed by atoms with Gasteiger partial charge in [-0.05, 0) is 18.6 Å². The first-order chi connectivity index (χ1) is 10.1. The zero-order valence-corrected chi connectivity index (χ0v) is 11.6. The quantitative estimate of drug-likeness (QED) is 0.753. The molecule has 21 heavy (non-hydrogen) atoms. The Hall–Kier alpha value is -2.57. The smallest absolute Gasteiger partial charge is 0.312 e. The molecule has 5 nitrogen and oxygen atoms in total. The predicted molar refractivity (Wildman–Crippen MR) is 74.7 cm³/mol. The fourth-order valence-corrected chi connectivity index (χ4v) is 2.17. The SMILES string of the molecule is Cc1cccc(F)c1CNc1nc(F)nc2c1ncn2C. The topological polar surface area (TPSA) is 55.6 Å². The van der Waals surface area contributed by atoms with Gasteiger partial charge in [0.25, 0.3) is 0 Å². The summed E-state index contributed by atoms with van der Waals surface area (Å²) in [5.74, 6) is -0.0601. The Morgan fingerprint density at radius 1 is 1.24 bits per heavy atom. The van der Waals surface area contributed by atoms with Crippen LogP contribution in [0.3, 0.4) is 0 Å². The van der Waals surface area contributed by atoms with Crippen LogP contribution in [-0.2, 0) is 13.6 Å². The zero-order valence-electron chi connectivity index (χ0n) is 11.6. The van der Waals surface area contributed by atoms with Gasteiger partial charge in [-0.3, -0.25) is 0 Å². The number of anilines is 1. The van der Waals surface area contributed by atoms with E-state index in [0.29, 0.717) is 16.7 Å². The summed E-state index contributed by atoms with van der Waals surface area (Å²) in [6.07, 6.45) is 0.678. The highest BCUT2D eigenvalue weighted by atomic mass is 19.1. The number of imidazole rings is 1. The highest BCUT2D eigenvalue weighted by molar-refractivity contribution is 5.82. The molecule has 0 amide bonds. The van der Waals surface area contributed by atoms with Crippen LogP contribution in [0.4, 0.5) is 14.6 Å². The minimum Gasteiger partial charge on any atom is -0.364 e. The van der Waals surface area contributed by atoms with E-state index in [4.69, 9.17) is 0 Å². The summed E-state index contributed by atoms with van der Waals surface area (Å²) in [5, 5.41) is 2.93. The highest BCUT2D eigenvalue weighted by Gasteiger charge is 2.13. The molecule has 1 aromatic carbocycles. The fourth-order valence-electron chi connectivity index (χ4n) is 2.17. The number of nitrogens with zero attached hydrogens (tertiary/aromatic N) is 4. The Bertz CT molecular complexity index is 792.